The Labute approximate surface area is 139 Å². The molecule has 0 bridgehead atoms. The number of fused-ring (bicyclic) bond motifs is 1. The monoisotopic (exact) mass is 360 g/mol. The van der Waals surface area contributed by atoms with Crippen molar-refractivity contribution in [2.75, 3.05) is 6.61 Å². The van der Waals surface area contributed by atoms with Crippen molar-refractivity contribution in [1.29, 1.82) is 0 Å². The van der Waals surface area contributed by atoms with Gasteiger partial charge in [0.1, 0.15) is 28.9 Å². The molecular formula is C16H12F4O3S. The quantitative estimate of drug-likeness (QED) is 0.559. The summed E-state index contributed by atoms with van der Waals surface area (Å²) in [6.45, 7) is 0.295. The van der Waals surface area contributed by atoms with Crippen LogP contribution in [-0.4, -0.2) is 11.2 Å². The van der Waals surface area contributed by atoms with Crippen molar-refractivity contribution in [2.45, 2.75) is 18.1 Å². The summed E-state index contributed by atoms with van der Waals surface area (Å²) in [6.07, 6.45) is -2.56. The largest absolute Gasteiger partial charge is 0.493 e. The van der Waals surface area contributed by atoms with E-state index in [1.807, 2.05) is 0 Å². The summed E-state index contributed by atoms with van der Waals surface area (Å²) in [5.41, 5.74) is -0.318. The molecule has 0 amide bonds. The molecule has 0 saturated heterocycles. The van der Waals surface area contributed by atoms with Crippen molar-refractivity contribution in [3.8, 4) is 17.2 Å². The average molecular weight is 360 g/mol. The summed E-state index contributed by atoms with van der Waals surface area (Å²) < 4.78 is 73.7. The van der Waals surface area contributed by atoms with E-state index in [-0.39, 0.29) is 22.8 Å². The zero-order chi connectivity index (χ0) is 17.3. The van der Waals surface area contributed by atoms with Gasteiger partial charge in [0, 0.05) is 23.8 Å². The molecule has 0 fully saturated rings. The predicted molar refractivity (Wildman–Crippen MR) is 80.9 cm³/mol. The summed E-state index contributed by atoms with van der Waals surface area (Å²) in [5.74, 6) is -2.00. The van der Waals surface area contributed by atoms with E-state index in [9.17, 15) is 22.1 Å². The third-order valence-electron chi connectivity index (χ3n) is 3.58. The third-order valence-corrected chi connectivity index (χ3v) is 4.30. The molecule has 2 aromatic carbocycles. The molecule has 0 aromatic heterocycles. The van der Waals surface area contributed by atoms with Gasteiger partial charge in [0.2, 0.25) is 0 Å². The summed E-state index contributed by atoms with van der Waals surface area (Å²) in [7, 11) is 0. The Kier molecular flexibility index (Phi) is 4.86. The number of rotatable bonds is 4. The summed E-state index contributed by atoms with van der Waals surface area (Å²) >= 11 is 0.451. The number of alkyl halides is 2. The number of ether oxygens (including phenoxy) is 2. The van der Waals surface area contributed by atoms with Gasteiger partial charge in [-0.1, -0.05) is 0 Å². The molecule has 128 valence electrons. The SMILES string of the molecule is OSC1CCOc2ccc(Oc3cc(F)cc(F)c3)c(C(F)F)c21. The van der Waals surface area contributed by atoms with Crippen molar-refractivity contribution in [3.63, 3.8) is 0 Å². The van der Waals surface area contributed by atoms with Crippen molar-refractivity contribution < 1.29 is 31.6 Å². The van der Waals surface area contributed by atoms with Crippen LogP contribution in [0, 0.1) is 11.6 Å². The molecule has 1 aliphatic heterocycles. The van der Waals surface area contributed by atoms with Crippen LogP contribution in [0.1, 0.15) is 29.2 Å². The van der Waals surface area contributed by atoms with Gasteiger partial charge in [0.25, 0.3) is 6.43 Å². The van der Waals surface area contributed by atoms with Gasteiger partial charge in [-0.3, -0.25) is 0 Å². The third kappa shape index (κ3) is 3.29. The Hall–Kier alpha value is -1.93. The van der Waals surface area contributed by atoms with Crippen LogP contribution >= 0.6 is 12.0 Å². The van der Waals surface area contributed by atoms with Gasteiger partial charge in [-0.2, -0.15) is 0 Å². The fourth-order valence-corrected chi connectivity index (χ4v) is 3.16. The van der Waals surface area contributed by atoms with E-state index in [4.69, 9.17) is 9.47 Å². The van der Waals surface area contributed by atoms with Gasteiger partial charge >= 0.3 is 0 Å². The van der Waals surface area contributed by atoms with Crippen LogP contribution in [-0.2, 0) is 0 Å². The highest BCUT2D eigenvalue weighted by molar-refractivity contribution is 7.94. The molecule has 0 spiro atoms. The molecule has 0 saturated carbocycles. The predicted octanol–water partition coefficient (Wildman–Crippen LogP) is 5.72. The lowest BCUT2D eigenvalue weighted by molar-refractivity contribution is 0.144. The fourth-order valence-electron chi connectivity index (χ4n) is 2.61. The lowest BCUT2D eigenvalue weighted by Crippen LogP contribution is -2.15. The molecule has 0 radical (unpaired) electrons. The van der Waals surface area contributed by atoms with Crippen molar-refractivity contribution in [1.82, 2.24) is 0 Å². The van der Waals surface area contributed by atoms with Crippen molar-refractivity contribution >= 4 is 12.0 Å². The lowest BCUT2D eigenvalue weighted by Gasteiger charge is -2.27. The molecule has 0 aliphatic carbocycles. The maximum Gasteiger partial charge on any atom is 0.267 e. The van der Waals surface area contributed by atoms with E-state index >= 15 is 0 Å². The van der Waals surface area contributed by atoms with E-state index in [1.165, 1.54) is 12.1 Å². The van der Waals surface area contributed by atoms with Crippen LogP contribution in [0.3, 0.4) is 0 Å². The van der Waals surface area contributed by atoms with E-state index in [0.29, 0.717) is 31.1 Å². The van der Waals surface area contributed by atoms with Gasteiger partial charge in [0.05, 0.1) is 17.4 Å². The normalized spacial score (nSPS) is 16.7. The molecule has 3 rings (SSSR count). The molecule has 1 unspecified atom stereocenters. The zero-order valence-corrected chi connectivity index (χ0v) is 13.0. The van der Waals surface area contributed by atoms with Crippen LogP contribution in [0.2, 0.25) is 0 Å². The topological polar surface area (TPSA) is 38.7 Å². The van der Waals surface area contributed by atoms with E-state index in [1.54, 1.807) is 0 Å². The Morgan fingerprint density at radius 1 is 1.17 bits per heavy atom. The van der Waals surface area contributed by atoms with Crippen molar-refractivity contribution in [2.24, 2.45) is 0 Å². The Morgan fingerprint density at radius 3 is 2.50 bits per heavy atom. The smallest absolute Gasteiger partial charge is 0.267 e. The highest BCUT2D eigenvalue weighted by Gasteiger charge is 2.31. The first-order valence-corrected chi connectivity index (χ1v) is 7.85. The molecule has 1 N–H and O–H groups in total. The maximum atomic E-state index is 13.6. The highest BCUT2D eigenvalue weighted by atomic mass is 32.2. The first-order chi connectivity index (χ1) is 11.5. The summed E-state index contributed by atoms with van der Waals surface area (Å²) in [6, 6.07) is 5.14. The highest BCUT2D eigenvalue weighted by Crippen LogP contribution is 2.48. The Balaban J connectivity index is 2.08. The molecule has 1 heterocycles. The summed E-state index contributed by atoms with van der Waals surface area (Å²) in [5, 5.41) is -0.592. The lowest BCUT2D eigenvalue weighted by atomic mass is 9.98. The molecule has 24 heavy (non-hydrogen) atoms. The van der Waals surface area contributed by atoms with Crippen LogP contribution in [0.25, 0.3) is 0 Å². The second-order valence-corrected chi connectivity index (χ2v) is 5.91. The minimum Gasteiger partial charge on any atom is -0.493 e. The van der Waals surface area contributed by atoms with Crippen LogP contribution in [0.5, 0.6) is 17.2 Å². The van der Waals surface area contributed by atoms with Gasteiger partial charge < -0.3 is 14.0 Å². The Morgan fingerprint density at radius 2 is 1.88 bits per heavy atom. The van der Waals surface area contributed by atoms with Crippen LogP contribution < -0.4 is 9.47 Å². The minimum absolute atomic E-state index is 0.137. The van der Waals surface area contributed by atoms with Crippen molar-refractivity contribution in [3.05, 3.63) is 53.1 Å². The minimum atomic E-state index is -2.91. The second kappa shape index (κ2) is 6.90. The number of hydrogen-bond donors (Lipinski definition) is 1. The molecular weight excluding hydrogens is 348 g/mol. The van der Waals surface area contributed by atoms with Crippen LogP contribution in [0.4, 0.5) is 17.6 Å². The Bertz CT molecular complexity index is 734. The standard InChI is InChI=1S/C16H12F4O3S/c17-8-5-9(18)7-10(6-8)23-12-2-1-11-14(15(12)16(19)20)13(24-21)3-4-22-11/h1-2,5-7,13,16,21H,3-4H2. The van der Waals surface area contributed by atoms with Gasteiger partial charge in [-0.15, -0.1) is 0 Å². The zero-order valence-electron chi connectivity index (χ0n) is 12.1. The number of halogens is 4. The summed E-state index contributed by atoms with van der Waals surface area (Å²) in [4.78, 5) is 0. The number of hydrogen-bond acceptors (Lipinski definition) is 4. The number of benzene rings is 2. The van der Waals surface area contributed by atoms with E-state index in [2.05, 4.69) is 0 Å². The molecule has 1 aliphatic rings. The fraction of sp³-hybridized carbons (Fsp3) is 0.250. The molecule has 8 heteroatoms. The van der Waals surface area contributed by atoms with E-state index in [0.717, 1.165) is 12.1 Å². The average Bonchev–Trinajstić information content (AvgIpc) is 2.52. The molecule has 3 nitrogen and oxygen atoms in total. The maximum absolute atomic E-state index is 13.6. The van der Waals surface area contributed by atoms with Crippen LogP contribution in [0.15, 0.2) is 30.3 Å². The molecule has 1 atom stereocenters. The van der Waals surface area contributed by atoms with Gasteiger partial charge in [-0.05, 0) is 30.6 Å². The second-order valence-electron chi connectivity index (χ2n) is 5.13. The first-order valence-electron chi connectivity index (χ1n) is 7.01. The molecule has 2 aromatic rings. The van der Waals surface area contributed by atoms with Gasteiger partial charge in [-0.25, -0.2) is 17.6 Å². The van der Waals surface area contributed by atoms with Gasteiger partial charge in [0.15, 0.2) is 0 Å². The van der Waals surface area contributed by atoms with E-state index < -0.39 is 28.9 Å². The first kappa shape index (κ1) is 16.9.